The monoisotopic (exact) mass is 328 g/mol. The van der Waals surface area contributed by atoms with Crippen LogP contribution in [0.2, 0.25) is 0 Å². The van der Waals surface area contributed by atoms with Crippen LogP contribution in [0.5, 0.6) is 0 Å². The fourth-order valence-electron chi connectivity index (χ4n) is 2.63. The Morgan fingerprint density at radius 1 is 1.13 bits per heavy atom. The molecule has 0 aliphatic carbocycles. The normalized spacial score (nSPS) is 17.5. The Hall–Kier alpha value is -2.34. The number of hydrogen-bond donors (Lipinski definition) is 0. The number of nitro groups is 1. The molecule has 0 unspecified atom stereocenters. The lowest BCUT2D eigenvalue weighted by molar-refractivity contribution is -0.384. The van der Waals surface area contributed by atoms with Gasteiger partial charge in [-0.3, -0.25) is 14.9 Å². The molecule has 0 aromatic heterocycles. The molecule has 5 nitrogen and oxygen atoms in total. The van der Waals surface area contributed by atoms with Crippen LogP contribution < -0.4 is 0 Å². The van der Waals surface area contributed by atoms with Crippen molar-refractivity contribution in [3.05, 3.63) is 75.8 Å². The molecule has 1 atom stereocenters. The van der Waals surface area contributed by atoms with E-state index in [0.29, 0.717) is 12.3 Å². The second-order valence-corrected chi connectivity index (χ2v) is 6.40. The van der Waals surface area contributed by atoms with Gasteiger partial charge in [-0.25, -0.2) is 0 Å². The molecule has 1 saturated heterocycles. The largest absolute Gasteiger partial charge is 0.326 e. The number of amides is 1. The zero-order chi connectivity index (χ0) is 16.2. The van der Waals surface area contributed by atoms with E-state index in [9.17, 15) is 14.9 Å². The van der Waals surface area contributed by atoms with Crippen molar-refractivity contribution in [1.29, 1.82) is 0 Å². The maximum Gasteiger partial charge on any atom is 0.269 e. The van der Waals surface area contributed by atoms with Gasteiger partial charge in [0.1, 0.15) is 5.37 Å². The van der Waals surface area contributed by atoms with Crippen molar-refractivity contribution < 1.29 is 9.72 Å². The molecular weight excluding hydrogens is 312 g/mol. The molecule has 6 heteroatoms. The summed E-state index contributed by atoms with van der Waals surface area (Å²) in [5.74, 6) is 0.575. The van der Waals surface area contributed by atoms with Gasteiger partial charge in [0.2, 0.25) is 5.91 Å². The second kappa shape index (κ2) is 6.83. The summed E-state index contributed by atoms with van der Waals surface area (Å²) >= 11 is 1.57. The molecule has 3 rings (SSSR count). The topological polar surface area (TPSA) is 63.4 Å². The predicted molar refractivity (Wildman–Crippen MR) is 90.2 cm³/mol. The molecule has 23 heavy (non-hydrogen) atoms. The van der Waals surface area contributed by atoms with E-state index in [2.05, 4.69) is 12.1 Å². The van der Waals surface area contributed by atoms with Crippen molar-refractivity contribution in [1.82, 2.24) is 4.90 Å². The minimum atomic E-state index is -0.413. The Balaban J connectivity index is 1.72. The molecule has 1 aliphatic rings. The average molecular weight is 328 g/mol. The molecule has 0 radical (unpaired) electrons. The van der Waals surface area contributed by atoms with Gasteiger partial charge in [0, 0.05) is 18.7 Å². The van der Waals surface area contributed by atoms with Crippen molar-refractivity contribution in [3.63, 3.8) is 0 Å². The summed E-state index contributed by atoms with van der Waals surface area (Å²) in [4.78, 5) is 24.3. The molecule has 1 aliphatic heterocycles. The molecule has 118 valence electrons. The highest BCUT2D eigenvalue weighted by atomic mass is 32.2. The number of benzene rings is 2. The van der Waals surface area contributed by atoms with Crippen LogP contribution in [0.15, 0.2) is 54.6 Å². The van der Waals surface area contributed by atoms with Gasteiger partial charge in [0.05, 0.1) is 10.7 Å². The summed E-state index contributed by atoms with van der Waals surface area (Å²) in [6, 6.07) is 16.5. The lowest BCUT2D eigenvalue weighted by atomic mass is 10.1. The van der Waals surface area contributed by atoms with Gasteiger partial charge < -0.3 is 4.90 Å². The third kappa shape index (κ3) is 3.53. The number of carbonyl (C=O) groups excluding carboxylic acids is 1. The Labute approximate surface area is 138 Å². The molecule has 1 amide bonds. The third-order valence-corrected chi connectivity index (χ3v) is 5.10. The third-order valence-electron chi connectivity index (χ3n) is 3.84. The van der Waals surface area contributed by atoms with Gasteiger partial charge in [0.25, 0.3) is 5.69 Å². The van der Waals surface area contributed by atoms with Gasteiger partial charge in [-0.05, 0) is 29.7 Å². The summed E-state index contributed by atoms with van der Waals surface area (Å²) in [6.07, 6.45) is 0.802. The van der Waals surface area contributed by atoms with Crippen LogP contribution >= 0.6 is 11.8 Å². The van der Waals surface area contributed by atoms with Crippen molar-refractivity contribution >= 4 is 23.4 Å². The van der Waals surface area contributed by atoms with Crippen LogP contribution in [0.1, 0.15) is 16.5 Å². The Kier molecular flexibility index (Phi) is 4.62. The van der Waals surface area contributed by atoms with Gasteiger partial charge >= 0.3 is 0 Å². The van der Waals surface area contributed by atoms with Crippen LogP contribution in [0.4, 0.5) is 5.69 Å². The average Bonchev–Trinajstić information content (AvgIpc) is 2.95. The standard InChI is InChI=1S/C17H16N2O3S/c20-16-12-23-17(14-6-8-15(9-7-14)19(21)22)18(16)11-10-13-4-2-1-3-5-13/h1-9,17H,10-12H2/t17-/m0/s1. The smallest absolute Gasteiger partial charge is 0.269 e. The van der Waals surface area contributed by atoms with E-state index >= 15 is 0 Å². The first-order valence-corrected chi connectivity index (χ1v) is 8.39. The van der Waals surface area contributed by atoms with E-state index in [1.165, 1.54) is 17.7 Å². The summed E-state index contributed by atoms with van der Waals surface area (Å²) < 4.78 is 0. The number of carbonyl (C=O) groups is 1. The summed E-state index contributed by atoms with van der Waals surface area (Å²) in [5, 5.41) is 10.7. The number of hydrogen-bond acceptors (Lipinski definition) is 4. The zero-order valence-corrected chi connectivity index (χ0v) is 13.2. The number of non-ortho nitro benzene ring substituents is 1. The maximum atomic E-state index is 12.2. The Bertz CT molecular complexity index is 704. The van der Waals surface area contributed by atoms with Crippen LogP contribution in [0.25, 0.3) is 0 Å². The van der Waals surface area contributed by atoms with Crippen LogP contribution in [0, 0.1) is 10.1 Å². The number of thioether (sulfide) groups is 1. The predicted octanol–water partition coefficient (Wildman–Crippen LogP) is 3.41. The first kappa shape index (κ1) is 15.6. The first-order valence-electron chi connectivity index (χ1n) is 7.34. The fraction of sp³-hybridized carbons (Fsp3) is 0.235. The van der Waals surface area contributed by atoms with Crippen molar-refractivity contribution in [2.24, 2.45) is 0 Å². The zero-order valence-electron chi connectivity index (χ0n) is 12.4. The molecule has 2 aromatic carbocycles. The van der Waals surface area contributed by atoms with Crippen LogP contribution in [-0.2, 0) is 11.2 Å². The Morgan fingerprint density at radius 3 is 2.48 bits per heavy atom. The van der Waals surface area contributed by atoms with Crippen molar-refractivity contribution in [3.8, 4) is 0 Å². The SMILES string of the molecule is O=C1CS[C@@H](c2ccc([N+](=O)[O-])cc2)N1CCc1ccccc1. The molecule has 0 spiro atoms. The van der Waals surface area contributed by atoms with Gasteiger partial charge in [-0.1, -0.05) is 30.3 Å². The lowest BCUT2D eigenvalue weighted by Crippen LogP contribution is -2.30. The first-order chi connectivity index (χ1) is 11.1. The highest BCUT2D eigenvalue weighted by Crippen LogP contribution is 2.39. The van der Waals surface area contributed by atoms with E-state index in [-0.39, 0.29) is 17.0 Å². The van der Waals surface area contributed by atoms with Gasteiger partial charge in [0.15, 0.2) is 0 Å². The second-order valence-electron chi connectivity index (χ2n) is 5.33. The molecule has 0 bridgehead atoms. The number of nitro benzene ring substituents is 1. The van der Waals surface area contributed by atoms with E-state index in [1.807, 2.05) is 23.1 Å². The van der Waals surface area contributed by atoms with Gasteiger partial charge in [-0.15, -0.1) is 11.8 Å². The van der Waals surface area contributed by atoms with E-state index in [1.54, 1.807) is 23.9 Å². The fourth-order valence-corrected chi connectivity index (χ4v) is 3.85. The van der Waals surface area contributed by atoms with E-state index in [0.717, 1.165) is 12.0 Å². The highest BCUT2D eigenvalue weighted by Gasteiger charge is 2.32. The molecule has 2 aromatic rings. The number of rotatable bonds is 5. The van der Waals surface area contributed by atoms with Crippen LogP contribution in [0.3, 0.4) is 0 Å². The molecule has 0 saturated carbocycles. The molecule has 1 heterocycles. The minimum absolute atomic E-state index is 0.0629. The molecule has 0 N–H and O–H groups in total. The van der Waals surface area contributed by atoms with Crippen LogP contribution in [-0.4, -0.2) is 28.0 Å². The van der Waals surface area contributed by atoms with Gasteiger partial charge in [-0.2, -0.15) is 0 Å². The number of nitrogens with zero attached hydrogens (tertiary/aromatic N) is 2. The van der Waals surface area contributed by atoms with Crippen molar-refractivity contribution in [2.45, 2.75) is 11.8 Å². The maximum absolute atomic E-state index is 12.2. The van der Waals surface area contributed by atoms with E-state index < -0.39 is 4.92 Å². The lowest BCUT2D eigenvalue weighted by Gasteiger charge is -2.24. The van der Waals surface area contributed by atoms with Crippen molar-refractivity contribution in [2.75, 3.05) is 12.3 Å². The highest BCUT2D eigenvalue weighted by molar-refractivity contribution is 8.00. The summed E-state index contributed by atoms with van der Waals surface area (Å²) in [7, 11) is 0. The summed E-state index contributed by atoms with van der Waals surface area (Å²) in [6.45, 7) is 0.650. The Morgan fingerprint density at radius 2 is 1.83 bits per heavy atom. The quantitative estimate of drug-likeness (QED) is 0.623. The summed E-state index contributed by atoms with van der Waals surface area (Å²) in [5.41, 5.74) is 2.19. The van der Waals surface area contributed by atoms with E-state index in [4.69, 9.17) is 0 Å². The molecular formula is C17H16N2O3S. The minimum Gasteiger partial charge on any atom is -0.326 e. The molecule has 1 fully saturated rings.